The topological polar surface area (TPSA) is 79.4 Å². The van der Waals surface area contributed by atoms with Crippen molar-refractivity contribution in [2.45, 2.75) is 108 Å². The fourth-order valence-electron chi connectivity index (χ4n) is 10.2. The average Bonchev–Trinajstić information content (AvgIpc) is 3.90. The molecule has 3 fully saturated rings. The van der Waals surface area contributed by atoms with Crippen molar-refractivity contribution in [3.63, 3.8) is 0 Å². The van der Waals surface area contributed by atoms with E-state index in [1.165, 1.54) is 40.8 Å². The van der Waals surface area contributed by atoms with Gasteiger partial charge in [0, 0.05) is 56.6 Å². The number of nitrogens with zero attached hydrogens (tertiary/aromatic N) is 5. The van der Waals surface area contributed by atoms with Crippen LogP contribution in [0.15, 0.2) is 66.0 Å². The lowest BCUT2D eigenvalue weighted by Crippen LogP contribution is -2.63. The first kappa shape index (κ1) is 41.7. The maximum atomic E-state index is 15.1. The molecule has 1 aliphatic carbocycles. The lowest BCUT2D eigenvalue weighted by molar-refractivity contribution is -0.151. The molecule has 7 rings (SSSR count). The summed E-state index contributed by atoms with van der Waals surface area (Å²) < 4.78 is 0. The molecule has 3 aliphatic heterocycles. The number of fused-ring (bicyclic) bond motifs is 1. The zero-order valence-corrected chi connectivity index (χ0v) is 35.6. The van der Waals surface area contributed by atoms with Crippen LogP contribution in [0.3, 0.4) is 0 Å². The molecule has 2 saturated heterocycles. The van der Waals surface area contributed by atoms with Crippen molar-refractivity contribution in [1.29, 1.82) is 0 Å². The third kappa shape index (κ3) is 10.6. The average molecular weight is 795 g/mol. The lowest BCUT2D eigenvalue weighted by Gasteiger charge is -2.46. The first-order valence-electron chi connectivity index (χ1n) is 21.7. The Morgan fingerprint density at radius 3 is 2.53 bits per heavy atom. The monoisotopic (exact) mass is 794 g/mol. The molecule has 1 N–H and O–H groups in total. The molecule has 9 nitrogen and oxygen atoms in total. The summed E-state index contributed by atoms with van der Waals surface area (Å²) in [5, 5.41) is 5.49. The molecule has 2 atom stereocenters. The fourth-order valence-corrected chi connectivity index (χ4v) is 10.9. The second-order valence-electron chi connectivity index (χ2n) is 17.7. The first-order chi connectivity index (χ1) is 27.7. The highest BCUT2D eigenvalue weighted by Gasteiger charge is 2.45. The van der Waals surface area contributed by atoms with Gasteiger partial charge in [0.1, 0.15) is 6.04 Å². The molecule has 10 heteroatoms. The molecule has 1 aromatic heterocycles. The maximum Gasteiger partial charge on any atom is 0.240 e. The van der Waals surface area contributed by atoms with Gasteiger partial charge in [0.15, 0.2) is 5.78 Å². The van der Waals surface area contributed by atoms with Crippen molar-refractivity contribution in [1.82, 2.24) is 29.8 Å². The summed E-state index contributed by atoms with van der Waals surface area (Å²) >= 11 is 1.67. The van der Waals surface area contributed by atoms with Crippen LogP contribution in [-0.2, 0) is 46.7 Å². The Morgan fingerprint density at radius 1 is 0.930 bits per heavy atom. The number of Topliss-reactive ketones (excluding diaryl/α,β-unsaturated/α-hetero) is 1. The Labute approximate surface area is 345 Å². The SMILES string of the molecule is CN(C)CCCC[C@H](C(=O)N1CCN(C(=O)Cc2cccc3c2CCNC3)C[C@H]1C(=O)CCc1cccs1)N(C)C1CCC2(CC1)CCN(Cc1ccccc1)C2. The molecular weight excluding hydrogens is 729 g/mol. The highest BCUT2D eigenvalue weighted by atomic mass is 32.1. The minimum absolute atomic E-state index is 0.0489. The van der Waals surface area contributed by atoms with Gasteiger partial charge in [-0.1, -0.05) is 61.0 Å². The van der Waals surface area contributed by atoms with Gasteiger partial charge in [-0.15, -0.1) is 11.3 Å². The fraction of sp³-hybridized carbons (Fsp3) is 0.596. The summed E-state index contributed by atoms with van der Waals surface area (Å²) in [6.07, 6.45) is 10.9. The predicted octanol–water partition coefficient (Wildman–Crippen LogP) is 6.04. The summed E-state index contributed by atoms with van der Waals surface area (Å²) in [7, 11) is 6.39. The van der Waals surface area contributed by atoms with E-state index < -0.39 is 6.04 Å². The first-order valence-corrected chi connectivity index (χ1v) is 22.6. The number of carbonyl (C=O) groups is 3. The van der Waals surface area contributed by atoms with Crippen molar-refractivity contribution in [3.8, 4) is 0 Å². The Hall–Kier alpha value is -3.41. The van der Waals surface area contributed by atoms with Gasteiger partial charge in [0.2, 0.25) is 11.8 Å². The molecular formula is C47H66N6O3S. The van der Waals surface area contributed by atoms with Gasteiger partial charge >= 0.3 is 0 Å². The van der Waals surface area contributed by atoms with E-state index >= 15 is 4.79 Å². The van der Waals surface area contributed by atoms with E-state index in [1.807, 2.05) is 21.2 Å². The van der Waals surface area contributed by atoms with E-state index in [0.29, 0.717) is 43.8 Å². The number of aryl methyl sites for hydroxylation is 1. The number of benzene rings is 2. The van der Waals surface area contributed by atoms with Crippen LogP contribution in [0.2, 0.25) is 0 Å². The molecule has 3 aromatic rings. The standard InChI is InChI=1S/C47H66N6O3S/c1-49(2)26-8-7-16-42(50(3)39-19-22-47(23-20-39)24-27-51(35-47)33-36-11-5-4-6-12-36)46(56)53-29-28-52(34-43(53)44(54)18-17-40-15-10-30-57-40)45(55)31-37-13-9-14-38-32-48-25-21-41(37)38/h4-6,9-15,30,39,42-43,48H,7-8,16-29,31-35H2,1-3H3/t39?,42-,43+,47?/m1/s1. The van der Waals surface area contributed by atoms with Crippen LogP contribution in [0, 0.1) is 5.41 Å². The summed E-state index contributed by atoms with van der Waals surface area (Å²) in [6.45, 7) is 7.19. The van der Waals surface area contributed by atoms with Crippen LogP contribution < -0.4 is 5.32 Å². The lowest BCUT2D eigenvalue weighted by atomic mass is 9.71. The predicted molar refractivity (Wildman–Crippen MR) is 230 cm³/mol. The van der Waals surface area contributed by atoms with E-state index in [1.54, 1.807) is 11.3 Å². The molecule has 57 heavy (non-hydrogen) atoms. The van der Waals surface area contributed by atoms with E-state index in [9.17, 15) is 9.59 Å². The molecule has 1 saturated carbocycles. The number of likely N-dealkylation sites (tertiary alicyclic amines) is 1. The normalized spacial score (nSPS) is 23.3. The van der Waals surface area contributed by atoms with Crippen molar-refractivity contribution >= 4 is 28.9 Å². The van der Waals surface area contributed by atoms with E-state index in [-0.39, 0.29) is 30.2 Å². The third-order valence-electron chi connectivity index (χ3n) is 13.6. The number of ketones is 1. The summed E-state index contributed by atoms with van der Waals surface area (Å²) in [5.41, 5.74) is 5.41. The second kappa shape index (κ2) is 19.6. The quantitative estimate of drug-likeness (QED) is 0.177. The molecule has 2 amide bonds. The number of piperazine rings is 1. The smallest absolute Gasteiger partial charge is 0.240 e. The van der Waals surface area contributed by atoms with Gasteiger partial charge in [-0.05, 0) is 138 Å². The molecule has 0 unspecified atom stereocenters. The van der Waals surface area contributed by atoms with Crippen molar-refractivity contribution in [2.24, 2.45) is 5.41 Å². The van der Waals surface area contributed by atoms with Gasteiger partial charge in [0.05, 0.1) is 12.5 Å². The minimum atomic E-state index is -0.634. The van der Waals surface area contributed by atoms with E-state index in [0.717, 1.165) is 83.4 Å². The minimum Gasteiger partial charge on any atom is -0.338 e. The van der Waals surface area contributed by atoms with Crippen LogP contribution in [0.4, 0.5) is 0 Å². The number of thiophene rings is 1. The summed E-state index contributed by atoms with van der Waals surface area (Å²) in [5.74, 6) is 0.184. The number of carbonyl (C=O) groups excluding carboxylic acids is 3. The number of amides is 2. The molecule has 308 valence electrons. The maximum absolute atomic E-state index is 15.1. The molecule has 4 aliphatic rings. The largest absolute Gasteiger partial charge is 0.338 e. The molecule has 0 bridgehead atoms. The van der Waals surface area contributed by atoms with E-state index in [2.05, 4.69) is 95.8 Å². The third-order valence-corrected chi connectivity index (χ3v) is 14.6. The number of hydrogen-bond acceptors (Lipinski definition) is 8. The zero-order chi connectivity index (χ0) is 39.8. The summed E-state index contributed by atoms with van der Waals surface area (Å²) in [4.78, 5) is 55.6. The van der Waals surface area contributed by atoms with Gasteiger partial charge in [0.25, 0.3) is 0 Å². The van der Waals surface area contributed by atoms with Gasteiger partial charge in [-0.25, -0.2) is 0 Å². The number of likely N-dealkylation sites (N-methyl/N-ethyl adjacent to an activating group) is 1. The number of rotatable bonds is 16. The second-order valence-corrected chi connectivity index (χ2v) is 18.8. The molecule has 4 heterocycles. The van der Waals surface area contributed by atoms with Gasteiger partial charge < -0.3 is 20.0 Å². The number of nitrogens with one attached hydrogen (secondary N) is 1. The van der Waals surface area contributed by atoms with Crippen molar-refractivity contribution in [2.75, 3.05) is 67.0 Å². The highest BCUT2D eigenvalue weighted by molar-refractivity contribution is 7.09. The van der Waals surface area contributed by atoms with E-state index in [4.69, 9.17) is 0 Å². The van der Waals surface area contributed by atoms with Crippen molar-refractivity contribution < 1.29 is 14.4 Å². The van der Waals surface area contributed by atoms with Crippen LogP contribution in [0.1, 0.15) is 84.9 Å². The van der Waals surface area contributed by atoms with Crippen LogP contribution in [-0.4, -0.2) is 127 Å². The zero-order valence-electron chi connectivity index (χ0n) is 34.8. The number of hydrogen-bond donors (Lipinski definition) is 1. The Balaban J connectivity index is 1.04. The number of unbranched alkanes of at least 4 members (excludes halogenated alkanes) is 1. The summed E-state index contributed by atoms with van der Waals surface area (Å²) in [6, 6.07) is 20.6. The Kier molecular flexibility index (Phi) is 14.3. The molecule has 2 aromatic carbocycles. The van der Waals surface area contributed by atoms with Crippen LogP contribution in [0.25, 0.3) is 0 Å². The highest BCUT2D eigenvalue weighted by Crippen LogP contribution is 2.45. The Bertz CT molecular complexity index is 1770. The van der Waals surface area contributed by atoms with Gasteiger partial charge in [-0.2, -0.15) is 0 Å². The van der Waals surface area contributed by atoms with Crippen molar-refractivity contribution in [3.05, 3.63) is 93.2 Å². The molecule has 0 radical (unpaired) electrons. The van der Waals surface area contributed by atoms with Crippen LogP contribution in [0.5, 0.6) is 0 Å². The van der Waals surface area contributed by atoms with Crippen LogP contribution >= 0.6 is 11.3 Å². The van der Waals surface area contributed by atoms with Gasteiger partial charge in [-0.3, -0.25) is 24.2 Å². The molecule has 1 spiro atoms. The Morgan fingerprint density at radius 2 is 1.75 bits per heavy atom.